The molecule has 42 heavy (non-hydrogen) atoms. The van der Waals surface area contributed by atoms with Gasteiger partial charge in [0, 0.05) is 50.9 Å². The summed E-state index contributed by atoms with van der Waals surface area (Å²) in [7, 11) is 0. The lowest BCUT2D eigenvalue weighted by atomic mass is 9.93. The van der Waals surface area contributed by atoms with Crippen LogP contribution in [-0.4, -0.2) is 70.8 Å². The van der Waals surface area contributed by atoms with E-state index in [1.807, 2.05) is 25.1 Å². The maximum Gasteiger partial charge on any atom is 0.251 e. The Morgan fingerprint density at radius 1 is 1.12 bits per heavy atom. The molecule has 2 aromatic heterocycles. The fourth-order valence-corrected chi connectivity index (χ4v) is 5.89. The number of carbonyl (C=O) groups excluding carboxylic acids is 1. The lowest BCUT2D eigenvalue weighted by molar-refractivity contribution is 0.0841. The first-order valence-corrected chi connectivity index (χ1v) is 15.4. The minimum Gasteiger partial charge on any atom is -0.486 e. The van der Waals surface area contributed by atoms with Crippen molar-refractivity contribution in [2.45, 2.75) is 77.2 Å². The summed E-state index contributed by atoms with van der Waals surface area (Å²) in [4.78, 5) is 26.7. The molecule has 3 aliphatic rings. The van der Waals surface area contributed by atoms with Gasteiger partial charge in [-0.2, -0.15) is 0 Å². The van der Waals surface area contributed by atoms with Crippen LogP contribution >= 0.6 is 0 Å². The van der Waals surface area contributed by atoms with Gasteiger partial charge < -0.3 is 29.8 Å². The van der Waals surface area contributed by atoms with Gasteiger partial charge in [-0.25, -0.2) is 9.97 Å². The molecule has 3 N–H and O–H groups in total. The monoisotopic (exact) mass is 574 g/mol. The number of ether oxygens (including phenoxy) is 1. The Bertz CT molecular complexity index is 1370. The highest BCUT2D eigenvalue weighted by molar-refractivity contribution is 5.95. The van der Waals surface area contributed by atoms with E-state index in [-0.39, 0.29) is 12.5 Å². The quantitative estimate of drug-likeness (QED) is 0.312. The normalized spacial score (nSPS) is 18.2. The molecular formula is C32H42N6O4. The highest BCUT2D eigenvalue weighted by atomic mass is 16.5. The molecule has 10 heteroatoms. The molecule has 6 rings (SSSR count). The molecule has 224 valence electrons. The molecule has 0 unspecified atom stereocenters. The zero-order valence-corrected chi connectivity index (χ0v) is 24.5. The second kappa shape index (κ2) is 13.1. The Balaban J connectivity index is 1.01. The van der Waals surface area contributed by atoms with Gasteiger partial charge in [0.15, 0.2) is 12.2 Å². The van der Waals surface area contributed by atoms with Gasteiger partial charge >= 0.3 is 0 Å². The van der Waals surface area contributed by atoms with E-state index in [1.165, 1.54) is 30.4 Å². The molecule has 1 amide bonds. The molecule has 1 saturated carbocycles. The van der Waals surface area contributed by atoms with Crippen LogP contribution in [0.4, 0.5) is 11.6 Å². The van der Waals surface area contributed by atoms with E-state index >= 15 is 0 Å². The number of piperidine rings is 1. The highest BCUT2D eigenvalue weighted by Crippen LogP contribution is 2.27. The number of benzene rings is 1. The van der Waals surface area contributed by atoms with Gasteiger partial charge in [-0.3, -0.25) is 9.69 Å². The molecule has 0 radical (unpaired) electrons. The standard InChI is InChI=1S/C32H42N6O4/c1-22-29(42-21-34-22)20-41-28-9-8-24-18-37(13-10-23(24)14-28)19-27(39)17-33-32(40)25-15-30(35-26-6-5-7-26)36-31(16-25)38-11-3-2-4-12-38/h8-9,14-16,21,26-27,39H,2-7,10-13,17-20H2,1H3,(H,33,40)(H,35,36)/t27-/m0/s1. The lowest BCUT2D eigenvalue weighted by Crippen LogP contribution is -2.42. The number of hydrogen-bond acceptors (Lipinski definition) is 9. The Morgan fingerprint density at radius 3 is 2.74 bits per heavy atom. The predicted octanol–water partition coefficient (Wildman–Crippen LogP) is 4.06. The molecule has 2 aliphatic heterocycles. The lowest BCUT2D eigenvalue weighted by Gasteiger charge is -2.31. The van der Waals surface area contributed by atoms with E-state index in [4.69, 9.17) is 14.1 Å². The third-order valence-electron chi connectivity index (χ3n) is 8.66. The zero-order chi connectivity index (χ0) is 28.9. The number of amides is 1. The summed E-state index contributed by atoms with van der Waals surface area (Å²) in [5.41, 5.74) is 3.92. The van der Waals surface area contributed by atoms with E-state index in [2.05, 4.69) is 37.6 Å². The molecular weight excluding hydrogens is 532 g/mol. The summed E-state index contributed by atoms with van der Waals surface area (Å²) in [6.07, 6.45) is 8.70. The van der Waals surface area contributed by atoms with Crippen LogP contribution in [0.2, 0.25) is 0 Å². The van der Waals surface area contributed by atoms with Gasteiger partial charge in [0.1, 0.15) is 24.0 Å². The van der Waals surface area contributed by atoms with Gasteiger partial charge in [0.25, 0.3) is 5.91 Å². The Kier molecular flexibility index (Phi) is 8.90. The number of anilines is 2. The molecule has 0 bridgehead atoms. The number of β-amino-alcohol motifs (C(OH)–C–C–N with tert-alkyl or cyclic N) is 1. The number of aryl methyl sites for hydroxylation is 1. The van der Waals surface area contributed by atoms with Crippen molar-refractivity contribution < 1.29 is 19.1 Å². The van der Waals surface area contributed by atoms with Gasteiger partial charge in [0.2, 0.25) is 0 Å². The van der Waals surface area contributed by atoms with Gasteiger partial charge in [-0.15, -0.1) is 0 Å². The number of aromatic nitrogens is 2. The van der Waals surface area contributed by atoms with Gasteiger partial charge in [-0.1, -0.05) is 6.07 Å². The van der Waals surface area contributed by atoms with Crippen LogP contribution in [0, 0.1) is 6.92 Å². The maximum absolute atomic E-state index is 13.2. The van der Waals surface area contributed by atoms with Crippen molar-refractivity contribution in [1.29, 1.82) is 0 Å². The van der Waals surface area contributed by atoms with Crippen molar-refractivity contribution >= 4 is 17.5 Å². The van der Waals surface area contributed by atoms with Crippen molar-refractivity contribution in [3.63, 3.8) is 0 Å². The van der Waals surface area contributed by atoms with Crippen LogP contribution in [0.5, 0.6) is 5.75 Å². The van der Waals surface area contributed by atoms with Crippen LogP contribution in [0.1, 0.15) is 71.5 Å². The third-order valence-corrected chi connectivity index (χ3v) is 8.66. The predicted molar refractivity (Wildman–Crippen MR) is 161 cm³/mol. The van der Waals surface area contributed by atoms with Crippen molar-refractivity contribution in [3.8, 4) is 5.75 Å². The summed E-state index contributed by atoms with van der Waals surface area (Å²) in [5, 5.41) is 17.3. The molecule has 1 aromatic carbocycles. The SMILES string of the molecule is Cc1ncoc1COc1ccc2c(c1)CCN(C[C@@H](O)CNC(=O)c1cc(NC3CCC3)nc(N3CCCCC3)c1)C2. The third kappa shape index (κ3) is 7.04. The fourth-order valence-electron chi connectivity index (χ4n) is 5.89. The van der Waals surface area contributed by atoms with Crippen molar-refractivity contribution in [2.24, 2.45) is 0 Å². The maximum atomic E-state index is 13.2. The van der Waals surface area contributed by atoms with E-state index in [9.17, 15) is 9.90 Å². The van der Waals surface area contributed by atoms with Gasteiger partial charge in [0.05, 0.1) is 11.8 Å². The number of nitrogens with one attached hydrogen (secondary N) is 2. The average Bonchev–Trinajstić information content (AvgIpc) is 3.41. The number of nitrogens with zero attached hydrogens (tertiary/aromatic N) is 4. The number of oxazole rings is 1. The summed E-state index contributed by atoms with van der Waals surface area (Å²) in [5.74, 6) is 2.99. The number of pyridine rings is 1. The Labute approximate surface area is 247 Å². The summed E-state index contributed by atoms with van der Waals surface area (Å²) in [6.45, 7) is 6.47. The second-order valence-electron chi connectivity index (χ2n) is 11.8. The van der Waals surface area contributed by atoms with Crippen LogP contribution in [0.3, 0.4) is 0 Å². The van der Waals surface area contributed by atoms with Crippen LogP contribution in [0.15, 0.2) is 41.1 Å². The van der Waals surface area contributed by atoms with Crippen molar-refractivity contribution in [1.82, 2.24) is 20.2 Å². The molecule has 10 nitrogen and oxygen atoms in total. The van der Waals surface area contributed by atoms with Gasteiger partial charge in [-0.05, 0) is 87.3 Å². The summed E-state index contributed by atoms with van der Waals surface area (Å²) < 4.78 is 11.3. The van der Waals surface area contributed by atoms with Crippen molar-refractivity contribution in [3.05, 3.63) is 64.9 Å². The number of hydrogen-bond donors (Lipinski definition) is 3. The number of carbonyl (C=O) groups is 1. The smallest absolute Gasteiger partial charge is 0.251 e. The molecule has 4 heterocycles. The first-order chi connectivity index (χ1) is 20.5. The molecule has 2 fully saturated rings. The average molecular weight is 575 g/mol. The molecule has 1 aliphatic carbocycles. The Morgan fingerprint density at radius 2 is 1.98 bits per heavy atom. The topological polar surface area (TPSA) is 116 Å². The van der Waals surface area contributed by atoms with E-state index in [1.54, 1.807) is 0 Å². The number of fused-ring (bicyclic) bond motifs is 1. The highest BCUT2D eigenvalue weighted by Gasteiger charge is 2.23. The van der Waals surface area contributed by atoms with Crippen molar-refractivity contribution in [2.75, 3.05) is 42.9 Å². The van der Waals surface area contributed by atoms with Crippen LogP contribution in [-0.2, 0) is 19.6 Å². The molecule has 0 spiro atoms. The number of aliphatic hydroxyl groups excluding tert-OH is 1. The number of rotatable bonds is 11. The minimum atomic E-state index is -0.667. The molecule has 1 saturated heterocycles. The largest absolute Gasteiger partial charge is 0.486 e. The van der Waals surface area contributed by atoms with E-state index in [0.29, 0.717) is 24.8 Å². The van der Waals surface area contributed by atoms with E-state index < -0.39 is 6.10 Å². The van der Waals surface area contributed by atoms with Crippen LogP contribution in [0.25, 0.3) is 0 Å². The first-order valence-electron chi connectivity index (χ1n) is 15.4. The molecule has 1 atom stereocenters. The summed E-state index contributed by atoms with van der Waals surface area (Å²) >= 11 is 0. The van der Waals surface area contributed by atoms with Crippen LogP contribution < -0.4 is 20.3 Å². The number of aliphatic hydroxyl groups is 1. The molecule has 3 aromatic rings. The van der Waals surface area contributed by atoms with E-state index in [0.717, 1.165) is 87.1 Å². The Hall–Kier alpha value is -3.63. The first kappa shape index (κ1) is 28.5. The fraction of sp³-hybridized carbons (Fsp3) is 0.531. The summed E-state index contributed by atoms with van der Waals surface area (Å²) in [6, 6.07) is 10.3. The minimum absolute atomic E-state index is 0.177. The second-order valence-corrected chi connectivity index (χ2v) is 11.8. The zero-order valence-electron chi connectivity index (χ0n) is 24.5.